The number of hydrogen-bond donors (Lipinski definition) is 1. The molecule has 0 fully saturated rings. The van der Waals surface area contributed by atoms with Crippen molar-refractivity contribution in [1.82, 2.24) is 4.98 Å². The van der Waals surface area contributed by atoms with Crippen molar-refractivity contribution in [2.75, 3.05) is 5.32 Å². The van der Waals surface area contributed by atoms with Crippen LogP contribution in [0.25, 0.3) is 0 Å². The molecular formula is C12H6Br2Cl2N2O. The lowest BCUT2D eigenvalue weighted by molar-refractivity contribution is 0.102. The molecule has 19 heavy (non-hydrogen) atoms. The lowest BCUT2D eigenvalue weighted by atomic mass is 10.3. The van der Waals surface area contributed by atoms with Crippen LogP contribution in [-0.4, -0.2) is 10.9 Å². The first kappa shape index (κ1) is 14.8. The number of amides is 1. The Balaban J connectivity index is 2.27. The molecule has 0 aliphatic heterocycles. The fourth-order valence-electron chi connectivity index (χ4n) is 1.34. The molecule has 2 rings (SSSR count). The zero-order valence-corrected chi connectivity index (χ0v) is 13.9. The van der Waals surface area contributed by atoms with Gasteiger partial charge in [-0.2, -0.15) is 0 Å². The quantitative estimate of drug-likeness (QED) is 0.534. The summed E-state index contributed by atoms with van der Waals surface area (Å²) < 4.78 is 1.25. The molecule has 2 aromatic rings. The first-order valence-corrected chi connectivity index (χ1v) is 7.40. The Hall–Kier alpha value is -0.620. The second-order valence-electron chi connectivity index (χ2n) is 3.52. The molecule has 1 N–H and O–H groups in total. The smallest absolute Gasteiger partial charge is 0.274 e. The number of anilines is 1. The van der Waals surface area contributed by atoms with Crippen LogP contribution in [0, 0.1) is 0 Å². The Morgan fingerprint density at radius 2 is 1.84 bits per heavy atom. The highest BCUT2D eigenvalue weighted by Gasteiger charge is 2.13. The summed E-state index contributed by atoms with van der Waals surface area (Å²) in [6.07, 6.45) is 0. The number of halogens is 4. The Bertz CT molecular complexity index is 650. The minimum Gasteiger partial charge on any atom is -0.319 e. The molecule has 0 aliphatic carbocycles. The Morgan fingerprint density at radius 1 is 1.11 bits per heavy atom. The highest BCUT2D eigenvalue weighted by atomic mass is 79.9. The highest BCUT2D eigenvalue weighted by molar-refractivity contribution is 9.10. The Kier molecular flexibility index (Phi) is 4.84. The zero-order valence-electron chi connectivity index (χ0n) is 9.25. The molecule has 0 bridgehead atoms. The summed E-state index contributed by atoms with van der Waals surface area (Å²) in [5.74, 6) is -0.360. The van der Waals surface area contributed by atoms with Gasteiger partial charge in [-0.15, -0.1) is 0 Å². The van der Waals surface area contributed by atoms with Crippen molar-refractivity contribution in [3.8, 4) is 0 Å². The van der Waals surface area contributed by atoms with Gasteiger partial charge in [0.1, 0.15) is 10.3 Å². The van der Waals surface area contributed by atoms with Gasteiger partial charge in [0.05, 0.1) is 15.7 Å². The second kappa shape index (κ2) is 6.22. The number of hydrogen-bond acceptors (Lipinski definition) is 2. The van der Waals surface area contributed by atoms with Gasteiger partial charge >= 0.3 is 0 Å². The van der Waals surface area contributed by atoms with E-state index in [4.69, 9.17) is 23.2 Å². The molecule has 0 atom stereocenters. The van der Waals surface area contributed by atoms with Crippen molar-refractivity contribution in [2.45, 2.75) is 0 Å². The van der Waals surface area contributed by atoms with E-state index in [2.05, 4.69) is 42.2 Å². The van der Waals surface area contributed by atoms with Gasteiger partial charge in [0.2, 0.25) is 0 Å². The fourth-order valence-corrected chi connectivity index (χ4v) is 2.51. The Labute approximate surface area is 136 Å². The number of benzene rings is 1. The lowest BCUT2D eigenvalue weighted by Crippen LogP contribution is -2.14. The normalized spacial score (nSPS) is 10.3. The lowest BCUT2D eigenvalue weighted by Gasteiger charge is -2.09. The third kappa shape index (κ3) is 3.48. The monoisotopic (exact) mass is 422 g/mol. The standard InChI is InChI=1S/C12H6Br2Cl2N2O/c13-6-4-5-7(11(16)10(6)15)18-12(19)8-2-1-3-9(14)17-8/h1-5H,(H,18,19). The molecular weight excluding hydrogens is 419 g/mol. The number of carbonyl (C=O) groups excluding carboxylic acids is 1. The van der Waals surface area contributed by atoms with E-state index < -0.39 is 0 Å². The molecule has 0 saturated carbocycles. The van der Waals surface area contributed by atoms with E-state index >= 15 is 0 Å². The van der Waals surface area contributed by atoms with Crippen molar-refractivity contribution >= 4 is 66.7 Å². The van der Waals surface area contributed by atoms with Crippen molar-refractivity contribution < 1.29 is 4.79 Å². The molecule has 1 amide bonds. The maximum Gasteiger partial charge on any atom is 0.274 e. The van der Waals surface area contributed by atoms with E-state index in [1.807, 2.05) is 0 Å². The van der Waals surface area contributed by atoms with E-state index in [0.717, 1.165) is 0 Å². The van der Waals surface area contributed by atoms with Crippen LogP contribution in [0.5, 0.6) is 0 Å². The molecule has 0 spiro atoms. The first-order valence-electron chi connectivity index (χ1n) is 5.06. The molecule has 0 aliphatic rings. The number of carbonyl (C=O) groups is 1. The molecule has 0 radical (unpaired) electrons. The van der Waals surface area contributed by atoms with E-state index in [-0.39, 0.29) is 16.6 Å². The van der Waals surface area contributed by atoms with Crippen molar-refractivity contribution in [3.05, 3.63) is 55.1 Å². The van der Waals surface area contributed by atoms with Crippen molar-refractivity contribution in [3.63, 3.8) is 0 Å². The molecule has 7 heteroatoms. The maximum absolute atomic E-state index is 12.0. The highest BCUT2D eigenvalue weighted by Crippen LogP contribution is 2.35. The average molecular weight is 425 g/mol. The van der Waals surface area contributed by atoms with Crippen LogP contribution in [0.2, 0.25) is 10.0 Å². The number of aromatic nitrogens is 1. The van der Waals surface area contributed by atoms with E-state index in [9.17, 15) is 4.79 Å². The van der Waals surface area contributed by atoms with Crippen molar-refractivity contribution in [1.29, 1.82) is 0 Å². The van der Waals surface area contributed by atoms with Crippen molar-refractivity contribution in [2.24, 2.45) is 0 Å². The molecule has 98 valence electrons. The fraction of sp³-hybridized carbons (Fsp3) is 0. The second-order valence-corrected chi connectivity index (χ2v) is 5.95. The number of rotatable bonds is 2. The minimum atomic E-state index is -0.360. The van der Waals surface area contributed by atoms with E-state index in [0.29, 0.717) is 19.8 Å². The topological polar surface area (TPSA) is 42.0 Å². The summed E-state index contributed by atoms with van der Waals surface area (Å²) in [5.41, 5.74) is 0.714. The van der Waals surface area contributed by atoms with Gasteiger partial charge in [-0.05, 0) is 56.1 Å². The van der Waals surface area contributed by atoms with Gasteiger partial charge < -0.3 is 5.32 Å². The summed E-state index contributed by atoms with van der Waals surface area (Å²) in [4.78, 5) is 16.1. The van der Waals surface area contributed by atoms with Crippen LogP contribution >= 0.6 is 55.1 Å². The molecule has 0 saturated heterocycles. The van der Waals surface area contributed by atoms with Gasteiger partial charge in [-0.3, -0.25) is 4.79 Å². The summed E-state index contributed by atoms with van der Waals surface area (Å²) >= 11 is 18.5. The SMILES string of the molecule is O=C(Nc1ccc(Br)c(Cl)c1Cl)c1cccc(Br)n1. The van der Waals surface area contributed by atoms with Crippen LogP contribution in [0.15, 0.2) is 39.4 Å². The summed E-state index contributed by atoms with van der Waals surface area (Å²) in [5, 5.41) is 3.29. The van der Waals surface area contributed by atoms with Gasteiger partial charge in [-0.1, -0.05) is 29.3 Å². The van der Waals surface area contributed by atoms with Crippen LogP contribution in [-0.2, 0) is 0 Å². The largest absolute Gasteiger partial charge is 0.319 e. The first-order chi connectivity index (χ1) is 8.99. The third-order valence-electron chi connectivity index (χ3n) is 2.23. The molecule has 1 aromatic heterocycles. The van der Waals surface area contributed by atoms with E-state index in [1.165, 1.54) is 0 Å². The number of pyridine rings is 1. The van der Waals surface area contributed by atoms with Crippen LogP contribution in [0.3, 0.4) is 0 Å². The van der Waals surface area contributed by atoms with Gasteiger partial charge in [-0.25, -0.2) is 4.98 Å². The molecule has 1 heterocycles. The van der Waals surface area contributed by atoms with Gasteiger partial charge in [0.15, 0.2) is 0 Å². The van der Waals surface area contributed by atoms with Gasteiger partial charge in [0, 0.05) is 4.47 Å². The van der Waals surface area contributed by atoms with Crippen LogP contribution in [0.1, 0.15) is 10.5 Å². The van der Waals surface area contributed by atoms with Gasteiger partial charge in [0.25, 0.3) is 5.91 Å². The minimum absolute atomic E-state index is 0.277. The summed E-state index contributed by atoms with van der Waals surface area (Å²) in [7, 11) is 0. The van der Waals surface area contributed by atoms with Crippen LogP contribution in [0.4, 0.5) is 5.69 Å². The number of nitrogens with one attached hydrogen (secondary N) is 1. The van der Waals surface area contributed by atoms with Crippen LogP contribution < -0.4 is 5.32 Å². The predicted molar refractivity (Wildman–Crippen MR) is 84.1 cm³/mol. The Morgan fingerprint density at radius 3 is 2.53 bits per heavy atom. The molecule has 1 aromatic carbocycles. The number of nitrogens with zero attached hydrogens (tertiary/aromatic N) is 1. The molecule has 3 nitrogen and oxygen atoms in total. The molecule has 0 unspecified atom stereocenters. The maximum atomic E-state index is 12.0. The summed E-state index contributed by atoms with van der Waals surface area (Å²) in [6, 6.07) is 8.43. The predicted octanol–water partition coefficient (Wildman–Crippen LogP) is 5.17. The average Bonchev–Trinajstić information content (AvgIpc) is 2.39. The summed E-state index contributed by atoms with van der Waals surface area (Å²) in [6.45, 7) is 0. The van der Waals surface area contributed by atoms with E-state index in [1.54, 1.807) is 30.3 Å². The third-order valence-corrected chi connectivity index (χ3v) is 4.44. The zero-order chi connectivity index (χ0) is 14.0.